The summed E-state index contributed by atoms with van der Waals surface area (Å²) in [5.41, 5.74) is 3.98. The van der Waals surface area contributed by atoms with Crippen LogP contribution in [0.2, 0.25) is 0 Å². The molecule has 0 radical (unpaired) electrons. The van der Waals surface area contributed by atoms with Crippen molar-refractivity contribution < 1.29 is 4.74 Å². The Labute approximate surface area is 124 Å². The van der Waals surface area contributed by atoms with Gasteiger partial charge >= 0.3 is 0 Å². The Morgan fingerprint density at radius 3 is 2.90 bits per heavy atom. The number of fused-ring (bicyclic) bond motifs is 1. The topological polar surface area (TPSA) is 21.3 Å². The van der Waals surface area contributed by atoms with Crippen LogP contribution < -0.4 is 5.32 Å². The van der Waals surface area contributed by atoms with Gasteiger partial charge < -0.3 is 10.1 Å². The second-order valence-electron chi connectivity index (χ2n) is 4.88. The lowest BCUT2D eigenvalue weighted by Gasteiger charge is -2.06. The van der Waals surface area contributed by atoms with Gasteiger partial charge in [-0.3, -0.25) is 0 Å². The minimum atomic E-state index is 0.704. The van der Waals surface area contributed by atoms with Crippen LogP contribution in [0.3, 0.4) is 0 Å². The molecule has 0 atom stereocenters. The second kappa shape index (κ2) is 6.82. The lowest BCUT2D eigenvalue weighted by Crippen LogP contribution is -1.97. The van der Waals surface area contributed by atoms with E-state index in [0.29, 0.717) is 6.61 Å². The summed E-state index contributed by atoms with van der Waals surface area (Å²) in [6, 6.07) is 17.0. The maximum atomic E-state index is 5.70. The molecule has 0 aliphatic carbocycles. The minimum Gasteiger partial charge on any atom is -0.384 e. The van der Waals surface area contributed by atoms with E-state index in [9.17, 15) is 0 Å². The predicted molar refractivity (Wildman–Crippen MR) is 85.5 cm³/mol. The molecule has 0 amide bonds. The summed E-state index contributed by atoms with van der Waals surface area (Å²) in [6.45, 7) is 2.56. The van der Waals surface area contributed by atoms with Crippen LogP contribution in [0.1, 0.15) is 11.1 Å². The Hall–Kier alpha value is -1.45. The molecule has 0 fully saturated rings. The molecule has 3 rings (SSSR count). The van der Waals surface area contributed by atoms with E-state index in [0.717, 1.165) is 25.3 Å². The van der Waals surface area contributed by atoms with Crippen molar-refractivity contribution in [1.82, 2.24) is 0 Å². The third-order valence-corrected chi connectivity index (χ3v) is 4.35. The number of rotatable bonds is 6. The Morgan fingerprint density at radius 1 is 1.10 bits per heavy atom. The normalized spacial score (nSPS) is 13.0. The van der Waals surface area contributed by atoms with Crippen LogP contribution in [0.25, 0.3) is 0 Å². The van der Waals surface area contributed by atoms with Crippen LogP contribution in [0.15, 0.2) is 53.4 Å². The quantitative estimate of drug-likeness (QED) is 0.641. The highest BCUT2D eigenvalue weighted by Gasteiger charge is 2.09. The zero-order valence-corrected chi connectivity index (χ0v) is 12.3. The van der Waals surface area contributed by atoms with Crippen molar-refractivity contribution in [2.45, 2.75) is 17.9 Å². The maximum absolute atomic E-state index is 5.70. The number of hydrogen-bond donors (Lipinski definition) is 1. The summed E-state index contributed by atoms with van der Waals surface area (Å²) in [5, 5.41) is 3.39. The second-order valence-corrected chi connectivity index (χ2v) is 6.05. The Balaban J connectivity index is 1.40. The van der Waals surface area contributed by atoms with Crippen LogP contribution in [-0.4, -0.2) is 18.9 Å². The smallest absolute Gasteiger partial charge is 0.0717 e. The third-order valence-electron chi connectivity index (χ3n) is 3.39. The molecule has 1 aliphatic rings. The molecule has 2 aromatic rings. The van der Waals surface area contributed by atoms with Crippen LogP contribution in [0, 0.1) is 0 Å². The van der Waals surface area contributed by atoms with Gasteiger partial charge in [-0.25, -0.2) is 0 Å². The molecule has 0 bridgehead atoms. The highest BCUT2D eigenvalue weighted by atomic mass is 32.2. The molecule has 0 unspecified atom stereocenters. The van der Waals surface area contributed by atoms with Crippen molar-refractivity contribution in [2.24, 2.45) is 0 Å². The van der Waals surface area contributed by atoms with Crippen LogP contribution in [0.4, 0.5) is 5.69 Å². The lowest BCUT2D eigenvalue weighted by atomic mass is 10.2. The van der Waals surface area contributed by atoms with Crippen molar-refractivity contribution in [3.05, 3.63) is 59.7 Å². The summed E-state index contributed by atoms with van der Waals surface area (Å²) >= 11 is 1.87. The molecule has 2 nitrogen and oxygen atoms in total. The van der Waals surface area contributed by atoms with E-state index in [1.54, 1.807) is 0 Å². The zero-order valence-electron chi connectivity index (χ0n) is 11.5. The molecule has 0 spiro atoms. The molecule has 1 heterocycles. The Kier molecular flexibility index (Phi) is 4.61. The average molecular weight is 285 g/mol. The van der Waals surface area contributed by atoms with E-state index in [2.05, 4.69) is 35.6 Å². The third kappa shape index (κ3) is 3.56. The summed E-state index contributed by atoms with van der Waals surface area (Å²) in [5.74, 6) is 0.999. The van der Waals surface area contributed by atoms with E-state index in [-0.39, 0.29) is 0 Å². The van der Waals surface area contributed by atoms with Gasteiger partial charge in [0, 0.05) is 22.9 Å². The molecule has 0 saturated heterocycles. The fourth-order valence-electron chi connectivity index (χ4n) is 2.35. The fraction of sp³-hybridized carbons (Fsp3) is 0.294. The minimum absolute atomic E-state index is 0.704. The van der Waals surface area contributed by atoms with Crippen molar-refractivity contribution in [1.29, 1.82) is 0 Å². The first kappa shape index (κ1) is 13.5. The van der Waals surface area contributed by atoms with Crippen molar-refractivity contribution in [3.8, 4) is 0 Å². The van der Waals surface area contributed by atoms with Crippen LogP contribution >= 0.6 is 11.8 Å². The van der Waals surface area contributed by atoms with Crippen molar-refractivity contribution in [3.63, 3.8) is 0 Å². The van der Waals surface area contributed by atoms with Gasteiger partial charge in [-0.15, -0.1) is 11.8 Å². The molecule has 20 heavy (non-hydrogen) atoms. The predicted octanol–water partition coefficient (Wildman–Crippen LogP) is 3.96. The molecule has 104 valence electrons. The molecule has 0 aromatic heterocycles. The number of nitrogens with one attached hydrogen (secondary N) is 1. The van der Waals surface area contributed by atoms with Crippen LogP contribution in [0.5, 0.6) is 0 Å². The van der Waals surface area contributed by atoms with Gasteiger partial charge in [0.2, 0.25) is 0 Å². The summed E-state index contributed by atoms with van der Waals surface area (Å²) in [4.78, 5) is 1.34. The van der Waals surface area contributed by atoms with Gasteiger partial charge in [-0.2, -0.15) is 0 Å². The average Bonchev–Trinajstić information content (AvgIpc) is 2.95. The molecule has 1 N–H and O–H groups in total. The monoisotopic (exact) mass is 285 g/mol. The number of ether oxygens (including phenoxy) is 1. The summed E-state index contributed by atoms with van der Waals surface area (Å²) in [6.07, 6.45) is 1.15. The standard InChI is InChI=1S/C17H19NOS/c1-2-4-14(5-3-1)13-19-10-11-20-16-6-7-17-15(12-16)8-9-18-17/h1-7,12,18H,8-11,13H2. The molecular formula is C17H19NOS. The molecular weight excluding hydrogens is 266 g/mol. The van der Waals surface area contributed by atoms with Gasteiger partial charge in [-0.05, 0) is 35.7 Å². The Morgan fingerprint density at radius 2 is 2.00 bits per heavy atom. The van der Waals surface area contributed by atoms with Gasteiger partial charge in [-0.1, -0.05) is 30.3 Å². The zero-order chi connectivity index (χ0) is 13.6. The highest BCUT2D eigenvalue weighted by molar-refractivity contribution is 7.99. The van der Waals surface area contributed by atoms with Crippen molar-refractivity contribution in [2.75, 3.05) is 24.2 Å². The summed E-state index contributed by atoms with van der Waals surface area (Å²) < 4.78 is 5.70. The van der Waals surface area contributed by atoms with Crippen molar-refractivity contribution >= 4 is 17.4 Å². The number of anilines is 1. The van der Waals surface area contributed by atoms with Gasteiger partial charge in [0.1, 0.15) is 0 Å². The molecule has 2 aromatic carbocycles. The van der Waals surface area contributed by atoms with E-state index in [4.69, 9.17) is 4.74 Å². The lowest BCUT2D eigenvalue weighted by molar-refractivity contribution is 0.136. The van der Waals surface area contributed by atoms with E-state index in [1.807, 2.05) is 30.0 Å². The fourth-order valence-corrected chi connectivity index (χ4v) is 3.18. The Bertz CT molecular complexity index is 556. The first-order chi connectivity index (χ1) is 9.92. The molecule has 0 saturated carbocycles. The largest absolute Gasteiger partial charge is 0.384 e. The summed E-state index contributed by atoms with van der Waals surface area (Å²) in [7, 11) is 0. The van der Waals surface area contributed by atoms with E-state index in [1.165, 1.54) is 21.7 Å². The number of thioether (sulfide) groups is 1. The molecule has 1 aliphatic heterocycles. The van der Waals surface area contributed by atoms with Crippen LogP contribution in [-0.2, 0) is 17.8 Å². The van der Waals surface area contributed by atoms with Gasteiger partial charge in [0.05, 0.1) is 13.2 Å². The van der Waals surface area contributed by atoms with Gasteiger partial charge in [0.15, 0.2) is 0 Å². The molecule has 3 heteroatoms. The first-order valence-corrected chi connectivity index (χ1v) is 8.02. The van der Waals surface area contributed by atoms with Gasteiger partial charge in [0.25, 0.3) is 0 Å². The van der Waals surface area contributed by atoms with E-state index >= 15 is 0 Å². The number of hydrogen-bond acceptors (Lipinski definition) is 3. The van der Waals surface area contributed by atoms with E-state index < -0.39 is 0 Å². The SMILES string of the molecule is c1ccc(COCCSc2ccc3c(c2)CCN3)cc1. The first-order valence-electron chi connectivity index (χ1n) is 7.03. The highest BCUT2D eigenvalue weighted by Crippen LogP contribution is 2.27. The number of benzene rings is 2. The maximum Gasteiger partial charge on any atom is 0.0717 e.